The number of likely N-dealkylation sites (tertiary alicyclic amines) is 1. The standard InChI is InChI=1S/C17H21FN2O/c1-11(2)17(21)20-7-5-12(6-8-20)15-10-19-16-4-3-13(18)9-14(15)16/h3-4,9-12,19H,5-8H2,1-2H3. The molecule has 1 aromatic carbocycles. The van der Waals surface area contributed by atoms with Crippen molar-refractivity contribution in [2.24, 2.45) is 5.92 Å². The number of hydrogen-bond donors (Lipinski definition) is 1. The number of halogens is 1. The Morgan fingerprint density at radius 3 is 2.71 bits per heavy atom. The minimum absolute atomic E-state index is 0.0590. The van der Waals surface area contributed by atoms with Gasteiger partial charge in [0.15, 0.2) is 0 Å². The lowest BCUT2D eigenvalue weighted by Crippen LogP contribution is -2.40. The molecule has 1 amide bonds. The zero-order valence-electron chi connectivity index (χ0n) is 12.5. The van der Waals surface area contributed by atoms with Gasteiger partial charge in [0.2, 0.25) is 5.91 Å². The van der Waals surface area contributed by atoms with Crippen LogP contribution in [0.2, 0.25) is 0 Å². The first kappa shape index (κ1) is 14.1. The van der Waals surface area contributed by atoms with E-state index in [0.29, 0.717) is 5.92 Å². The number of aromatic nitrogens is 1. The molecule has 0 atom stereocenters. The minimum Gasteiger partial charge on any atom is -0.361 e. The first-order valence-corrected chi connectivity index (χ1v) is 7.61. The van der Waals surface area contributed by atoms with Gasteiger partial charge in [0, 0.05) is 36.1 Å². The second-order valence-electron chi connectivity index (χ2n) is 6.19. The molecule has 0 saturated carbocycles. The Kier molecular flexibility index (Phi) is 3.70. The molecule has 1 aliphatic heterocycles. The van der Waals surface area contributed by atoms with Gasteiger partial charge in [-0.3, -0.25) is 4.79 Å². The third-order valence-electron chi connectivity index (χ3n) is 4.42. The van der Waals surface area contributed by atoms with Crippen molar-refractivity contribution in [3.63, 3.8) is 0 Å². The normalized spacial score (nSPS) is 16.9. The van der Waals surface area contributed by atoms with Crippen LogP contribution < -0.4 is 0 Å². The molecule has 2 heterocycles. The molecule has 0 unspecified atom stereocenters. The Morgan fingerprint density at radius 2 is 2.05 bits per heavy atom. The van der Waals surface area contributed by atoms with Crippen molar-refractivity contribution >= 4 is 16.8 Å². The van der Waals surface area contributed by atoms with Gasteiger partial charge in [-0.15, -0.1) is 0 Å². The van der Waals surface area contributed by atoms with E-state index in [1.165, 1.54) is 11.6 Å². The SMILES string of the molecule is CC(C)C(=O)N1CCC(c2c[nH]c3ccc(F)cc23)CC1. The molecule has 1 aromatic heterocycles. The predicted molar refractivity (Wildman–Crippen MR) is 81.6 cm³/mol. The van der Waals surface area contributed by atoms with E-state index in [1.807, 2.05) is 24.9 Å². The van der Waals surface area contributed by atoms with Gasteiger partial charge in [-0.2, -0.15) is 0 Å². The topological polar surface area (TPSA) is 36.1 Å². The molecular weight excluding hydrogens is 267 g/mol. The van der Waals surface area contributed by atoms with Gasteiger partial charge in [0.25, 0.3) is 0 Å². The Hall–Kier alpha value is -1.84. The molecule has 1 saturated heterocycles. The van der Waals surface area contributed by atoms with Crippen molar-refractivity contribution in [2.45, 2.75) is 32.6 Å². The number of fused-ring (bicyclic) bond motifs is 1. The summed E-state index contributed by atoms with van der Waals surface area (Å²) >= 11 is 0. The monoisotopic (exact) mass is 288 g/mol. The molecule has 0 radical (unpaired) electrons. The van der Waals surface area contributed by atoms with Gasteiger partial charge in [-0.1, -0.05) is 13.8 Å². The number of carbonyl (C=O) groups is 1. The fourth-order valence-electron chi connectivity index (χ4n) is 3.23. The number of piperidine rings is 1. The highest BCUT2D eigenvalue weighted by Gasteiger charge is 2.26. The average molecular weight is 288 g/mol. The number of benzene rings is 1. The van der Waals surface area contributed by atoms with Gasteiger partial charge < -0.3 is 9.88 Å². The lowest BCUT2D eigenvalue weighted by Gasteiger charge is -2.33. The number of amides is 1. The van der Waals surface area contributed by atoms with E-state index in [9.17, 15) is 9.18 Å². The maximum absolute atomic E-state index is 13.5. The van der Waals surface area contributed by atoms with Gasteiger partial charge >= 0.3 is 0 Å². The fourth-order valence-corrected chi connectivity index (χ4v) is 3.23. The summed E-state index contributed by atoms with van der Waals surface area (Å²) in [6.45, 7) is 5.47. The van der Waals surface area contributed by atoms with Crippen molar-refractivity contribution in [1.82, 2.24) is 9.88 Å². The smallest absolute Gasteiger partial charge is 0.225 e. The molecule has 112 valence electrons. The van der Waals surface area contributed by atoms with Crippen LogP contribution in [0.1, 0.15) is 38.2 Å². The number of nitrogens with one attached hydrogen (secondary N) is 1. The fraction of sp³-hybridized carbons (Fsp3) is 0.471. The molecule has 3 nitrogen and oxygen atoms in total. The van der Waals surface area contributed by atoms with Gasteiger partial charge in [0.05, 0.1) is 0 Å². The third kappa shape index (κ3) is 2.67. The van der Waals surface area contributed by atoms with Crippen LogP contribution in [0.25, 0.3) is 10.9 Å². The summed E-state index contributed by atoms with van der Waals surface area (Å²) < 4.78 is 13.5. The average Bonchev–Trinajstić information content (AvgIpc) is 2.89. The van der Waals surface area contributed by atoms with Crippen LogP contribution in [0.5, 0.6) is 0 Å². The Balaban J connectivity index is 1.77. The molecule has 2 aromatic rings. The van der Waals surface area contributed by atoms with Crippen LogP contribution >= 0.6 is 0 Å². The van der Waals surface area contributed by atoms with E-state index in [-0.39, 0.29) is 17.6 Å². The largest absolute Gasteiger partial charge is 0.361 e. The second kappa shape index (κ2) is 5.51. The molecular formula is C17H21FN2O. The van der Waals surface area contributed by atoms with E-state index in [1.54, 1.807) is 12.1 Å². The predicted octanol–water partition coefficient (Wildman–Crippen LogP) is 3.67. The van der Waals surface area contributed by atoms with Crippen LogP contribution in [0.4, 0.5) is 4.39 Å². The van der Waals surface area contributed by atoms with Crippen molar-refractivity contribution in [1.29, 1.82) is 0 Å². The quantitative estimate of drug-likeness (QED) is 0.899. The molecule has 1 fully saturated rings. The Bertz CT molecular complexity index is 654. The second-order valence-corrected chi connectivity index (χ2v) is 6.19. The van der Waals surface area contributed by atoms with Crippen LogP contribution in [-0.4, -0.2) is 28.9 Å². The molecule has 0 spiro atoms. The molecule has 0 aliphatic carbocycles. The van der Waals surface area contributed by atoms with Gasteiger partial charge in [0.1, 0.15) is 5.82 Å². The molecule has 4 heteroatoms. The van der Waals surface area contributed by atoms with E-state index in [0.717, 1.165) is 36.8 Å². The molecule has 1 aliphatic rings. The summed E-state index contributed by atoms with van der Waals surface area (Å²) in [5.41, 5.74) is 2.16. The van der Waals surface area contributed by atoms with E-state index >= 15 is 0 Å². The van der Waals surface area contributed by atoms with E-state index in [2.05, 4.69) is 4.98 Å². The van der Waals surface area contributed by atoms with Crippen molar-refractivity contribution in [3.05, 3.63) is 35.8 Å². The van der Waals surface area contributed by atoms with Crippen LogP contribution in [0.3, 0.4) is 0 Å². The first-order chi connectivity index (χ1) is 10.1. The Morgan fingerprint density at radius 1 is 1.33 bits per heavy atom. The van der Waals surface area contributed by atoms with Crippen molar-refractivity contribution in [2.75, 3.05) is 13.1 Å². The number of H-pyrrole nitrogens is 1. The first-order valence-electron chi connectivity index (χ1n) is 7.61. The number of hydrogen-bond acceptors (Lipinski definition) is 1. The number of rotatable bonds is 2. The van der Waals surface area contributed by atoms with Crippen LogP contribution in [0.15, 0.2) is 24.4 Å². The van der Waals surface area contributed by atoms with Crippen LogP contribution in [0, 0.1) is 11.7 Å². The molecule has 21 heavy (non-hydrogen) atoms. The zero-order chi connectivity index (χ0) is 15.0. The summed E-state index contributed by atoms with van der Waals surface area (Å²) in [6.07, 6.45) is 3.89. The number of nitrogens with zero attached hydrogens (tertiary/aromatic N) is 1. The number of carbonyl (C=O) groups excluding carboxylic acids is 1. The maximum atomic E-state index is 13.5. The van der Waals surface area contributed by atoms with E-state index < -0.39 is 0 Å². The third-order valence-corrected chi connectivity index (χ3v) is 4.42. The van der Waals surface area contributed by atoms with Crippen molar-refractivity contribution < 1.29 is 9.18 Å². The summed E-state index contributed by atoms with van der Waals surface area (Å²) in [4.78, 5) is 17.2. The molecule has 1 N–H and O–H groups in total. The maximum Gasteiger partial charge on any atom is 0.225 e. The lowest BCUT2D eigenvalue weighted by molar-refractivity contribution is -0.135. The summed E-state index contributed by atoms with van der Waals surface area (Å²) in [5.74, 6) is 0.495. The van der Waals surface area contributed by atoms with Crippen molar-refractivity contribution in [3.8, 4) is 0 Å². The van der Waals surface area contributed by atoms with Gasteiger partial charge in [-0.05, 0) is 42.5 Å². The van der Waals surface area contributed by atoms with E-state index in [4.69, 9.17) is 0 Å². The highest BCUT2D eigenvalue weighted by molar-refractivity contribution is 5.84. The molecule has 3 rings (SSSR count). The summed E-state index contributed by atoms with van der Waals surface area (Å²) in [5, 5.41) is 0.976. The summed E-state index contributed by atoms with van der Waals surface area (Å²) in [7, 11) is 0. The minimum atomic E-state index is -0.198. The van der Waals surface area contributed by atoms with Gasteiger partial charge in [-0.25, -0.2) is 4.39 Å². The zero-order valence-corrected chi connectivity index (χ0v) is 12.5. The summed E-state index contributed by atoms with van der Waals surface area (Å²) in [6, 6.07) is 4.87. The van der Waals surface area contributed by atoms with Crippen LogP contribution in [-0.2, 0) is 4.79 Å². The lowest BCUT2D eigenvalue weighted by atomic mass is 9.89. The Labute approximate surface area is 124 Å². The molecule has 0 bridgehead atoms. The number of aromatic amines is 1. The highest BCUT2D eigenvalue weighted by Crippen LogP contribution is 2.33. The highest BCUT2D eigenvalue weighted by atomic mass is 19.1.